The van der Waals surface area contributed by atoms with Gasteiger partial charge in [0.1, 0.15) is 18.8 Å². The van der Waals surface area contributed by atoms with Crippen molar-refractivity contribution >= 4 is 30.1 Å². The number of nitrogens with one attached hydrogen (secondary N) is 5. The number of carbonyl (C=O) groups is 4. The van der Waals surface area contributed by atoms with Gasteiger partial charge in [0.05, 0.1) is 13.3 Å². The van der Waals surface area contributed by atoms with Crippen molar-refractivity contribution in [3.63, 3.8) is 0 Å². The third-order valence-electron chi connectivity index (χ3n) is 4.30. The molecule has 0 saturated carbocycles. The molecule has 0 aromatic heterocycles. The van der Waals surface area contributed by atoms with E-state index in [-0.39, 0.29) is 31.9 Å². The second kappa shape index (κ2) is 13.3. The summed E-state index contributed by atoms with van der Waals surface area (Å²) in [5.41, 5.74) is 10.3. The molecule has 0 radical (unpaired) electrons. The minimum absolute atomic E-state index is 0.0351. The average molecular weight is 414 g/mol. The van der Waals surface area contributed by atoms with Crippen molar-refractivity contribution in [3.8, 4) is 0 Å². The summed E-state index contributed by atoms with van der Waals surface area (Å²) in [5.74, 6) is -1.42. The first-order valence-corrected chi connectivity index (χ1v) is 9.31. The van der Waals surface area contributed by atoms with Gasteiger partial charge in [0.2, 0.25) is 24.1 Å². The number of carbonyl (C=O) groups excluding carboxylic acids is 4. The molecule has 0 aromatic carbocycles. The summed E-state index contributed by atoms with van der Waals surface area (Å²) in [6, 6.07) is -1.49. The molecule has 1 rings (SSSR count). The maximum Gasteiger partial charge on any atom is 0.245 e. The summed E-state index contributed by atoms with van der Waals surface area (Å²) in [5, 5.41) is 17.1. The highest BCUT2D eigenvalue weighted by atomic mass is 16.5. The predicted molar refractivity (Wildman–Crippen MR) is 103 cm³/mol. The van der Waals surface area contributed by atoms with E-state index in [0.29, 0.717) is 45.2 Å². The van der Waals surface area contributed by atoms with E-state index in [1.165, 1.54) is 4.90 Å². The number of rotatable bonds is 13. The zero-order valence-corrected chi connectivity index (χ0v) is 16.2. The molecular weight excluding hydrogens is 384 g/mol. The lowest BCUT2D eigenvalue weighted by Gasteiger charge is -2.28. The van der Waals surface area contributed by atoms with Crippen molar-refractivity contribution in [1.82, 2.24) is 26.2 Å². The molecule has 0 unspecified atom stereocenters. The van der Waals surface area contributed by atoms with Gasteiger partial charge in [-0.2, -0.15) is 0 Å². The van der Waals surface area contributed by atoms with Crippen molar-refractivity contribution in [2.75, 3.05) is 33.1 Å². The molecule has 1 fully saturated rings. The molecule has 0 aliphatic carbocycles. The van der Waals surface area contributed by atoms with Crippen LogP contribution in [0.1, 0.15) is 25.7 Å². The van der Waals surface area contributed by atoms with Crippen molar-refractivity contribution in [3.05, 3.63) is 0 Å². The SMILES string of the molecule is N=C(N)NCCC[C@H](NC=O)C(=O)N1CCC[C@H]1C(=O)NCC(=O)NCOCN. The minimum atomic E-state index is -0.786. The molecule has 164 valence electrons. The van der Waals surface area contributed by atoms with Gasteiger partial charge in [-0.3, -0.25) is 24.6 Å². The van der Waals surface area contributed by atoms with Crippen LogP contribution in [-0.4, -0.2) is 80.2 Å². The van der Waals surface area contributed by atoms with Gasteiger partial charge in [-0.1, -0.05) is 0 Å². The van der Waals surface area contributed by atoms with Crippen LogP contribution in [0.3, 0.4) is 0 Å². The molecule has 29 heavy (non-hydrogen) atoms. The van der Waals surface area contributed by atoms with Crippen LogP contribution in [0.15, 0.2) is 0 Å². The molecule has 0 bridgehead atoms. The van der Waals surface area contributed by atoms with Crippen LogP contribution in [0.4, 0.5) is 0 Å². The Balaban J connectivity index is 2.56. The quantitative estimate of drug-likeness (QED) is 0.0527. The van der Waals surface area contributed by atoms with Crippen LogP contribution in [0.2, 0.25) is 0 Å². The topological polar surface area (TPSA) is 205 Å². The van der Waals surface area contributed by atoms with E-state index in [2.05, 4.69) is 21.3 Å². The summed E-state index contributed by atoms with van der Waals surface area (Å²) in [4.78, 5) is 49.2. The van der Waals surface area contributed by atoms with Crippen LogP contribution >= 0.6 is 0 Å². The van der Waals surface area contributed by atoms with Gasteiger partial charge in [0.15, 0.2) is 5.96 Å². The predicted octanol–water partition coefficient (Wildman–Crippen LogP) is -3.52. The Labute approximate surface area is 168 Å². The lowest BCUT2D eigenvalue weighted by molar-refractivity contribution is -0.141. The molecular formula is C16H30N8O5. The van der Waals surface area contributed by atoms with Crippen molar-refractivity contribution in [1.29, 1.82) is 5.41 Å². The van der Waals surface area contributed by atoms with Crippen LogP contribution < -0.4 is 32.7 Å². The third kappa shape index (κ3) is 8.74. The van der Waals surface area contributed by atoms with Crippen LogP contribution in [0, 0.1) is 5.41 Å². The molecule has 1 heterocycles. The molecule has 2 atom stereocenters. The van der Waals surface area contributed by atoms with Gasteiger partial charge >= 0.3 is 0 Å². The Hall–Kier alpha value is -2.93. The lowest BCUT2D eigenvalue weighted by Crippen LogP contribution is -2.53. The standard InChI is InChI=1S/C16H30N8O5/c17-8-29-10-23-13(26)7-21-14(27)12-4-2-6-24(12)15(28)11(22-9-25)3-1-5-20-16(18)19/h9,11-12H,1-8,10,17H2,(H,21,27)(H,22,25)(H,23,26)(H4,18,19,20)/t11-,12-/m0/s1. The second-order valence-electron chi connectivity index (χ2n) is 6.34. The van der Waals surface area contributed by atoms with Gasteiger partial charge in [0.25, 0.3) is 0 Å². The zero-order valence-electron chi connectivity index (χ0n) is 16.2. The Kier molecular flexibility index (Phi) is 11.0. The molecule has 13 heteroatoms. The largest absolute Gasteiger partial charge is 0.370 e. The summed E-state index contributed by atoms with van der Waals surface area (Å²) in [6.45, 7) is 0.421. The van der Waals surface area contributed by atoms with Crippen LogP contribution in [0.25, 0.3) is 0 Å². The maximum absolute atomic E-state index is 12.8. The van der Waals surface area contributed by atoms with E-state index in [9.17, 15) is 19.2 Å². The Morgan fingerprint density at radius 2 is 2.03 bits per heavy atom. The molecule has 0 spiro atoms. The van der Waals surface area contributed by atoms with Crippen molar-refractivity contribution in [2.24, 2.45) is 11.5 Å². The summed E-state index contributed by atoms with van der Waals surface area (Å²) in [6.07, 6.45) is 2.37. The molecule has 1 aliphatic rings. The van der Waals surface area contributed by atoms with Gasteiger partial charge in [-0.25, -0.2) is 0 Å². The average Bonchev–Trinajstić information content (AvgIpc) is 3.18. The fourth-order valence-electron chi connectivity index (χ4n) is 2.93. The lowest BCUT2D eigenvalue weighted by atomic mass is 10.1. The van der Waals surface area contributed by atoms with Gasteiger partial charge in [-0.05, 0) is 25.7 Å². The van der Waals surface area contributed by atoms with E-state index in [1.807, 2.05) is 0 Å². The number of likely N-dealkylation sites (tertiary alicyclic amines) is 1. The van der Waals surface area contributed by atoms with Gasteiger partial charge in [0, 0.05) is 13.1 Å². The number of ether oxygens (including phenoxy) is 1. The molecule has 1 saturated heterocycles. The summed E-state index contributed by atoms with van der Waals surface area (Å²) >= 11 is 0. The van der Waals surface area contributed by atoms with E-state index in [4.69, 9.17) is 21.6 Å². The highest BCUT2D eigenvalue weighted by Gasteiger charge is 2.36. The number of nitrogens with zero attached hydrogens (tertiary/aromatic N) is 1. The normalized spacial score (nSPS) is 16.6. The maximum atomic E-state index is 12.8. The van der Waals surface area contributed by atoms with E-state index >= 15 is 0 Å². The third-order valence-corrected chi connectivity index (χ3v) is 4.30. The Morgan fingerprint density at radius 1 is 1.28 bits per heavy atom. The van der Waals surface area contributed by atoms with Crippen molar-refractivity contribution in [2.45, 2.75) is 37.8 Å². The van der Waals surface area contributed by atoms with Crippen LogP contribution in [0.5, 0.6) is 0 Å². The summed E-state index contributed by atoms with van der Waals surface area (Å²) in [7, 11) is 0. The number of amides is 4. The van der Waals surface area contributed by atoms with E-state index in [0.717, 1.165) is 0 Å². The molecule has 0 aromatic rings. The molecule has 4 amide bonds. The number of hydrogen-bond acceptors (Lipinski definition) is 7. The number of hydrogen-bond donors (Lipinski definition) is 7. The van der Waals surface area contributed by atoms with Crippen molar-refractivity contribution < 1.29 is 23.9 Å². The Morgan fingerprint density at radius 3 is 2.69 bits per heavy atom. The number of nitrogens with two attached hydrogens (primary N) is 2. The molecule has 1 aliphatic heterocycles. The smallest absolute Gasteiger partial charge is 0.245 e. The highest BCUT2D eigenvalue weighted by Crippen LogP contribution is 2.19. The van der Waals surface area contributed by atoms with Gasteiger partial charge in [-0.15, -0.1) is 0 Å². The monoisotopic (exact) mass is 414 g/mol. The first kappa shape index (κ1) is 24.1. The summed E-state index contributed by atoms with van der Waals surface area (Å²) < 4.78 is 4.78. The fourth-order valence-corrected chi connectivity index (χ4v) is 2.93. The fraction of sp³-hybridized carbons (Fsp3) is 0.688. The van der Waals surface area contributed by atoms with E-state index in [1.54, 1.807) is 0 Å². The van der Waals surface area contributed by atoms with Gasteiger partial charge < -0.3 is 42.4 Å². The van der Waals surface area contributed by atoms with E-state index < -0.39 is 23.9 Å². The second-order valence-corrected chi connectivity index (χ2v) is 6.34. The molecule has 9 N–H and O–H groups in total. The minimum Gasteiger partial charge on any atom is -0.370 e. The number of guanidine groups is 1. The first-order valence-electron chi connectivity index (χ1n) is 9.31. The Bertz CT molecular complexity index is 588. The zero-order chi connectivity index (χ0) is 21.6. The highest BCUT2D eigenvalue weighted by molar-refractivity contribution is 5.92. The van der Waals surface area contributed by atoms with Crippen LogP contribution in [-0.2, 0) is 23.9 Å². The first-order chi connectivity index (χ1) is 13.9. The molecule has 13 nitrogen and oxygen atoms in total.